The lowest BCUT2D eigenvalue weighted by molar-refractivity contribution is 0.188. The first-order valence-corrected chi connectivity index (χ1v) is 8.85. The van der Waals surface area contributed by atoms with Gasteiger partial charge in [0.15, 0.2) is 0 Å². The quantitative estimate of drug-likeness (QED) is 0.603. The Morgan fingerprint density at radius 1 is 1.06 bits per heavy atom. The summed E-state index contributed by atoms with van der Waals surface area (Å²) < 4.78 is 11.6. The summed E-state index contributed by atoms with van der Waals surface area (Å²) in [4.78, 5) is 0. The van der Waals surface area contributed by atoms with Crippen molar-refractivity contribution >= 4 is 8.56 Å². The molecule has 0 aliphatic heterocycles. The van der Waals surface area contributed by atoms with Crippen LogP contribution in [0.4, 0.5) is 0 Å². The van der Waals surface area contributed by atoms with Crippen molar-refractivity contribution in [2.75, 3.05) is 13.2 Å². The highest BCUT2D eigenvalue weighted by atomic mass is 28.4. The molecule has 0 fully saturated rings. The molecule has 16 heavy (non-hydrogen) atoms. The fraction of sp³-hybridized carbons (Fsp3) is 0.692. The van der Waals surface area contributed by atoms with Crippen molar-refractivity contribution in [2.45, 2.75) is 39.3 Å². The molecule has 0 N–H and O–H groups in total. The molecule has 0 saturated carbocycles. The zero-order valence-electron chi connectivity index (χ0n) is 10.7. The monoisotopic (exact) mass is 240 g/mol. The molecule has 3 heteroatoms. The van der Waals surface area contributed by atoms with Crippen molar-refractivity contribution in [2.24, 2.45) is 5.92 Å². The second kappa shape index (κ2) is 7.04. The first kappa shape index (κ1) is 13.7. The lowest BCUT2D eigenvalue weighted by Crippen LogP contribution is -2.38. The minimum Gasteiger partial charge on any atom is -0.395 e. The molecule has 1 aliphatic rings. The number of rotatable bonds is 8. The Hall–Kier alpha value is -0.383. The van der Waals surface area contributed by atoms with Crippen LogP contribution in [-0.2, 0) is 8.85 Å². The van der Waals surface area contributed by atoms with E-state index in [0.29, 0.717) is 5.92 Å². The third-order valence-corrected chi connectivity index (χ3v) is 5.96. The van der Waals surface area contributed by atoms with Crippen LogP contribution in [0.3, 0.4) is 0 Å². The van der Waals surface area contributed by atoms with E-state index >= 15 is 0 Å². The molecule has 1 aliphatic carbocycles. The highest BCUT2D eigenvalue weighted by Gasteiger charge is 2.30. The molecular weight excluding hydrogens is 216 g/mol. The van der Waals surface area contributed by atoms with E-state index in [2.05, 4.69) is 30.9 Å². The third kappa shape index (κ3) is 4.64. The van der Waals surface area contributed by atoms with Gasteiger partial charge in [0.1, 0.15) is 0 Å². The summed E-state index contributed by atoms with van der Waals surface area (Å²) in [5.41, 5.74) is 0. The smallest absolute Gasteiger partial charge is 0.334 e. The molecule has 0 heterocycles. The minimum absolute atomic E-state index is 0.640. The SMILES string of the molecule is CCO[Si](C)(CCCC1C=CC=C1)OCC. The molecule has 0 aromatic rings. The molecule has 0 saturated heterocycles. The van der Waals surface area contributed by atoms with Crippen LogP contribution in [0.1, 0.15) is 26.7 Å². The maximum Gasteiger partial charge on any atom is 0.334 e. The Bertz CT molecular complexity index is 230. The van der Waals surface area contributed by atoms with Crippen LogP contribution in [0.15, 0.2) is 24.3 Å². The van der Waals surface area contributed by atoms with E-state index < -0.39 is 8.56 Å². The molecule has 0 radical (unpaired) electrons. The van der Waals surface area contributed by atoms with Gasteiger partial charge in [0.25, 0.3) is 0 Å². The van der Waals surface area contributed by atoms with Gasteiger partial charge in [-0.2, -0.15) is 0 Å². The van der Waals surface area contributed by atoms with Crippen LogP contribution in [0.2, 0.25) is 12.6 Å². The van der Waals surface area contributed by atoms with Gasteiger partial charge >= 0.3 is 8.56 Å². The van der Waals surface area contributed by atoms with Gasteiger partial charge in [-0.05, 0) is 38.8 Å². The lowest BCUT2D eigenvalue weighted by Gasteiger charge is -2.26. The topological polar surface area (TPSA) is 18.5 Å². The molecule has 2 nitrogen and oxygen atoms in total. The van der Waals surface area contributed by atoms with Crippen molar-refractivity contribution < 1.29 is 8.85 Å². The average molecular weight is 240 g/mol. The van der Waals surface area contributed by atoms with Crippen LogP contribution in [0.25, 0.3) is 0 Å². The van der Waals surface area contributed by atoms with Crippen molar-refractivity contribution in [1.29, 1.82) is 0 Å². The van der Waals surface area contributed by atoms with Crippen LogP contribution in [0, 0.1) is 5.92 Å². The summed E-state index contributed by atoms with van der Waals surface area (Å²) >= 11 is 0. The number of hydrogen-bond donors (Lipinski definition) is 0. The van der Waals surface area contributed by atoms with Crippen LogP contribution in [-0.4, -0.2) is 21.8 Å². The van der Waals surface area contributed by atoms with Crippen LogP contribution in [0.5, 0.6) is 0 Å². The zero-order valence-corrected chi connectivity index (χ0v) is 11.7. The maximum absolute atomic E-state index is 5.82. The standard InChI is InChI=1S/C13H24O2Si/c1-4-14-16(3,15-5-2)12-8-11-13-9-6-7-10-13/h6-7,9-10,13H,4-5,8,11-12H2,1-3H3. The molecule has 92 valence electrons. The van der Waals surface area contributed by atoms with Crippen molar-refractivity contribution in [3.05, 3.63) is 24.3 Å². The van der Waals surface area contributed by atoms with E-state index in [-0.39, 0.29) is 0 Å². The van der Waals surface area contributed by atoms with Gasteiger partial charge in [0, 0.05) is 13.2 Å². The molecule has 0 bridgehead atoms. The first-order chi connectivity index (χ1) is 7.70. The van der Waals surface area contributed by atoms with Gasteiger partial charge in [-0.1, -0.05) is 30.7 Å². The molecule has 0 atom stereocenters. The van der Waals surface area contributed by atoms with Crippen molar-refractivity contribution in [3.8, 4) is 0 Å². The summed E-state index contributed by atoms with van der Waals surface area (Å²) in [7, 11) is -1.87. The van der Waals surface area contributed by atoms with Crippen LogP contribution < -0.4 is 0 Å². The fourth-order valence-corrected chi connectivity index (χ4v) is 4.57. The highest BCUT2D eigenvalue weighted by Crippen LogP contribution is 2.22. The summed E-state index contributed by atoms with van der Waals surface area (Å²) in [6.45, 7) is 7.82. The highest BCUT2D eigenvalue weighted by molar-refractivity contribution is 6.66. The average Bonchev–Trinajstić information content (AvgIpc) is 2.71. The molecule has 1 rings (SSSR count). The van der Waals surface area contributed by atoms with E-state index in [1.165, 1.54) is 12.8 Å². The predicted octanol–water partition coefficient (Wildman–Crippen LogP) is 3.65. The zero-order chi connectivity index (χ0) is 11.9. The van der Waals surface area contributed by atoms with E-state index in [1.54, 1.807) is 0 Å². The second-order valence-corrected chi connectivity index (χ2v) is 7.67. The molecule has 0 unspecified atom stereocenters. The summed E-state index contributed by atoms with van der Waals surface area (Å²) in [5, 5.41) is 0. The van der Waals surface area contributed by atoms with Gasteiger partial charge in [0.05, 0.1) is 0 Å². The Morgan fingerprint density at radius 2 is 1.62 bits per heavy atom. The number of hydrogen-bond acceptors (Lipinski definition) is 2. The maximum atomic E-state index is 5.82. The first-order valence-electron chi connectivity index (χ1n) is 6.33. The largest absolute Gasteiger partial charge is 0.395 e. The Kier molecular flexibility index (Phi) is 6.02. The predicted molar refractivity (Wildman–Crippen MR) is 70.7 cm³/mol. The number of allylic oxidation sites excluding steroid dienone is 4. The van der Waals surface area contributed by atoms with Gasteiger partial charge < -0.3 is 8.85 Å². The van der Waals surface area contributed by atoms with Crippen LogP contribution >= 0.6 is 0 Å². The molecular formula is C13H24O2Si. The molecule has 0 amide bonds. The lowest BCUT2D eigenvalue weighted by atomic mass is 10.1. The fourth-order valence-electron chi connectivity index (χ4n) is 2.13. The van der Waals surface area contributed by atoms with E-state index in [9.17, 15) is 0 Å². The molecule has 0 aromatic heterocycles. The summed E-state index contributed by atoms with van der Waals surface area (Å²) in [6, 6.07) is 1.10. The van der Waals surface area contributed by atoms with E-state index in [0.717, 1.165) is 19.3 Å². The minimum atomic E-state index is -1.87. The van der Waals surface area contributed by atoms with Gasteiger partial charge in [-0.15, -0.1) is 0 Å². The third-order valence-electron chi connectivity index (χ3n) is 2.90. The Labute approximate surface area is 101 Å². The van der Waals surface area contributed by atoms with Crippen molar-refractivity contribution in [3.63, 3.8) is 0 Å². The van der Waals surface area contributed by atoms with E-state index in [4.69, 9.17) is 8.85 Å². The van der Waals surface area contributed by atoms with Gasteiger partial charge in [-0.25, -0.2) is 0 Å². The van der Waals surface area contributed by atoms with E-state index in [1.807, 2.05) is 13.8 Å². The summed E-state index contributed by atoms with van der Waals surface area (Å²) in [5.74, 6) is 0.640. The molecule has 0 spiro atoms. The molecule has 0 aromatic carbocycles. The summed E-state index contributed by atoms with van der Waals surface area (Å²) in [6.07, 6.45) is 11.2. The Morgan fingerprint density at radius 3 is 2.12 bits per heavy atom. The van der Waals surface area contributed by atoms with Gasteiger partial charge in [-0.3, -0.25) is 0 Å². The van der Waals surface area contributed by atoms with Crippen molar-refractivity contribution in [1.82, 2.24) is 0 Å². The van der Waals surface area contributed by atoms with Gasteiger partial charge in [0.2, 0.25) is 0 Å². The Balaban J connectivity index is 2.26. The normalized spacial score (nSPS) is 16.2. The second-order valence-electron chi connectivity index (χ2n) is 4.33.